The van der Waals surface area contributed by atoms with Crippen molar-refractivity contribution in [3.05, 3.63) is 188 Å². The van der Waals surface area contributed by atoms with Crippen LogP contribution < -0.4 is 0 Å². The van der Waals surface area contributed by atoms with Crippen molar-refractivity contribution in [2.75, 3.05) is 0 Å². The van der Waals surface area contributed by atoms with Crippen LogP contribution in [-0.2, 0) is 0 Å². The molecule has 3 nitrogen and oxygen atoms in total. The Bertz CT molecular complexity index is 2330. The van der Waals surface area contributed by atoms with Crippen LogP contribution in [0, 0.1) is 0 Å². The van der Waals surface area contributed by atoms with Gasteiger partial charge in [0.2, 0.25) is 0 Å². The van der Waals surface area contributed by atoms with Crippen molar-refractivity contribution in [1.82, 2.24) is 15.0 Å². The molecule has 1 aromatic heterocycles. The number of hydrogen-bond acceptors (Lipinski definition) is 3. The van der Waals surface area contributed by atoms with E-state index in [1.165, 1.54) is 30.7 Å². The summed E-state index contributed by atoms with van der Waals surface area (Å²) in [5.74, 6) is 1.96. The minimum atomic E-state index is -1.77. The highest BCUT2D eigenvalue weighted by molar-refractivity contribution is 8.34. The minimum Gasteiger partial charge on any atom is -0.208 e. The van der Waals surface area contributed by atoms with Crippen LogP contribution in [0.4, 0.5) is 0 Å². The number of nitrogens with zero attached hydrogens (tertiary/aromatic N) is 3. The first-order valence-electron chi connectivity index (χ1n) is 16.4. The first-order valence-corrected chi connectivity index (χ1v) is 18.1. The first kappa shape index (κ1) is 29.1. The zero-order valence-electron chi connectivity index (χ0n) is 26.6. The molecular formula is C45H31N3S. The minimum absolute atomic E-state index is 0.650. The molecular weight excluding hydrogens is 615 g/mol. The largest absolute Gasteiger partial charge is 0.208 e. The second kappa shape index (κ2) is 12.2. The van der Waals surface area contributed by atoms with Gasteiger partial charge in [0.05, 0.1) is 0 Å². The Morgan fingerprint density at radius 1 is 0.286 bits per heavy atom. The molecule has 0 radical (unpaired) electrons. The molecule has 0 N–H and O–H groups in total. The maximum absolute atomic E-state index is 5.10. The molecule has 0 spiro atoms. The van der Waals surface area contributed by atoms with Gasteiger partial charge in [0.25, 0.3) is 0 Å². The summed E-state index contributed by atoms with van der Waals surface area (Å²) in [7, 11) is -1.77. The first-order chi connectivity index (χ1) is 24.3. The van der Waals surface area contributed by atoms with E-state index in [2.05, 4.69) is 127 Å². The Kier molecular flexibility index (Phi) is 7.22. The summed E-state index contributed by atoms with van der Waals surface area (Å²) < 4.78 is 0. The maximum Gasteiger partial charge on any atom is 0.164 e. The number of aromatic nitrogens is 3. The number of fused-ring (bicyclic) bond motifs is 3. The standard InChI is InChI=1S/C45H31N3S/c1-5-17-32(18-6-1)43-46-44(33-19-7-2-8-20-33)48-45(47-43)40-27-14-13-25-37(40)34-29-30-39-38-26-15-16-28-41(38)49(42(39)31-34,35-21-9-3-10-22-35)36-23-11-4-12-24-36/h1-31H. The van der Waals surface area contributed by atoms with Crippen LogP contribution >= 0.6 is 10.0 Å². The summed E-state index contributed by atoms with van der Waals surface area (Å²) in [5, 5.41) is 0. The van der Waals surface area contributed by atoms with E-state index in [4.69, 9.17) is 15.0 Å². The molecule has 4 heteroatoms. The molecule has 2 heterocycles. The Morgan fingerprint density at radius 2 is 0.714 bits per heavy atom. The van der Waals surface area contributed by atoms with Crippen molar-refractivity contribution in [3.8, 4) is 56.4 Å². The number of rotatable bonds is 6. The van der Waals surface area contributed by atoms with Crippen LogP contribution in [0.2, 0.25) is 0 Å². The molecule has 0 bridgehead atoms. The van der Waals surface area contributed by atoms with Crippen molar-refractivity contribution in [2.45, 2.75) is 19.6 Å². The van der Waals surface area contributed by atoms with Gasteiger partial charge in [-0.3, -0.25) is 0 Å². The van der Waals surface area contributed by atoms with Gasteiger partial charge in [-0.2, -0.15) is 0 Å². The van der Waals surface area contributed by atoms with Gasteiger partial charge in [-0.15, -0.1) is 10.0 Å². The summed E-state index contributed by atoms with van der Waals surface area (Å²) >= 11 is 0. The molecule has 0 saturated carbocycles. The molecule has 7 aromatic carbocycles. The molecule has 8 aromatic rings. The smallest absolute Gasteiger partial charge is 0.164 e. The van der Waals surface area contributed by atoms with Crippen molar-refractivity contribution in [1.29, 1.82) is 0 Å². The molecule has 49 heavy (non-hydrogen) atoms. The topological polar surface area (TPSA) is 38.7 Å². The monoisotopic (exact) mass is 645 g/mol. The van der Waals surface area contributed by atoms with Gasteiger partial charge in [-0.25, -0.2) is 15.0 Å². The quantitative estimate of drug-likeness (QED) is 0.181. The molecule has 0 unspecified atom stereocenters. The van der Waals surface area contributed by atoms with Gasteiger partial charge < -0.3 is 0 Å². The average Bonchev–Trinajstić information content (AvgIpc) is 3.49. The van der Waals surface area contributed by atoms with Crippen LogP contribution in [0.5, 0.6) is 0 Å². The molecule has 0 amide bonds. The third-order valence-corrected chi connectivity index (χ3v) is 13.2. The predicted octanol–water partition coefficient (Wildman–Crippen LogP) is 11.9. The van der Waals surface area contributed by atoms with Gasteiger partial charge >= 0.3 is 0 Å². The van der Waals surface area contributed by atoms with E-state index in [1.54, 1.807) is 0 Å². The fourth-order valence-electron chi connectivity index (χ4n) is 6.99. The van der Waals surface area contributed by atoms with E-state index >= 15 is 0 Å². The number of hydrogen-bond donors (Lipinski definition) is 0. The fourth-order valence-corrected chi connectivity index (χ4v) is 11.3. The molecule has 9 rings (SSSR count). The number of benzene rings is 7. The zero-order chi connectivity index (χ0) is 32.6. The lowest BCUT2D eigenvalue weighted by Crippen LogP contribution is -2.02. The summed E-state index contributed by atoms with van der Waals surface area (Å²) in [5.41, 5.74) is 7.68. The second-order valence-corrected chi connectivity index (χ2v) is 15.1. The molecule has 0 saturated heterocycles. The third-order valence-electron chi connectivity index (χ3n) is 9.19. The Balaban J connectivity index is 1.28. The van der Waals surface area contributed by atoms with E-state index < -0.39 is 10.0 Å². The van der Waals surface area contributed by atoms with E-state index in [1.807, 2.05) is 60.7 Å². The molecule has 0 fully saturated rings. The second-order valence-electron chi connectivity index (χ2n) is 12.0. The lowest BCUT2D eigenvalue weighted by Gasteiger charge is -2.39. The molecule has 1 aliphatic heterocycles. The van der Waals surface area contributed by atoms with Gasteiger partial charge in [-0.1, -0.05) is 152 Å². The van der Waals surface area contributed by atoms with Crippen LogP contribution in [0.25, 0.3) is 56.4 Å². The summed E-state index contributed by atoms with van der Waals surface area (Å²) in [6.07, 6.45) is 0. The molecule has 1 aliphatic rings. The Morgan fingerprint density at radius 3 is 1.29 bits per heavy atom. The fraction of sp³-hybridized carbons (Fsp3) is 0. The summed E-state index contributed by atoms with van der Waals surface area (Å²) in [6.45, 7) is 0. The van der Waals surface area contributed by atoms with E-state index in [9.17, 15) is 0 Å². The van der Waals surface area contributed by atoms with Crippen molar-refractivity contribution in [3.63, 3.8) is 0 Å². The van der Waals surface area contributed by atoms with Crippen molar-refractivity contribution >= 4 is 10.0 Å². The van der Waals surface area contributed by atoms with Crippen LogP contribution in [0.1, 0.15) is 0 Å². The highest BCUT2D eigenvalue weighted by Crippen LogP contribution is 2.80. The normalized spacial score (nSPS) is 13.3. The predicted molar refractivity (Wildman–Crippen MR) is 201 cm³/mol. The SMILES string of the molecule is c1ccc(-c2nc(-c3ccccc3)nc(-c3ccccc3-c3ccc4c(c3)S(c3ccccc3)(c3ccccc3)c3ccccc3-4)n2)cc1. The molecule has 0 atom stereocenters. The van der Waals surface area contributed by atoms with Crippen molar-refractivity contribution in [2.24, 2.45) is 0 Å². The van der Waals surface area contributed by atoms with Crippen LogP contribution in [0.15, 0.2) is 208 Å². The third kappa shape index (κ3) is 4.88. The van der Waals surface area contributed by atoms with Crippen LogP contribution in [-0.4, -0.2) is 15.0 Å². The summed E-state index contributed by atoms with van der Waals surface area (Å²) in [6, 6.07) is 66.9. The Labute approximate surface area is 288 Å². The highest BCUT2D eigenvalue weighted by Gasteiger charge is 2.42. The van der Waals surface area contributed by atoms with E-state index in [0.29, 0.717) is 17.5 Å². The lowest BCUT2D eigenvalue weighted by molar-refractivity contribution is 1.07. The average molecular weight is 646 g/mol. The highest BCUT2D eigenvalue weighted by atomic mass is 32.3. The Hall–Kier alpha value is -6.10. The van der Waals surface area contributed by atoms with E-state index in [-0.39, 0.29) is 0 Å². The zero-order valence-corrected chi connectivity index (χ0v) is 27.5. The molecule has 232 valence electrons. The van der Waals surface area contributed by atoms with Gasteiger partial charge in [-0.05, 0) is 58.7 Å². The van der Waals surface area contributed by atoms with Gasteiger partial charge in [0, 0.05) is 36.3 Å². The molecule has 0 aliphatic carbocycles. The maximum atomic E-state index is 5.10. The lowest BCUT2D eigenvalue weighted by atomic mass is 9.96. The van der Waals surface area contributed by atoms with Crippen LogP contribution in [0.3, 0.4) is 0 Å². The van der Waals surface area contributed by atoms with Crippen molar-refractivity contribution < 1.29 is 0 Å². The van der Waals surface area contributed by atoms with Gasteiger partial charge in [0.15, 0.2) is 17.5 Å². The van der Waals surface area contributed by atoms with E-state index in [0.717, 1.165) is 27.8 Å². The summed E-state index contributed by atoms with van der Waals surface area (Å²) in [4.78, 5) is 20.5. The van der Waals surface area contributed by atoms with Gasteiger partial charge in [0.1, 0.15) is 0 Å².